The van der Waals surface area contributed by atoms with Crippen molar-refractivity contribution in [1.29, 1.82) is 0 Å². The van der Waals surface area contributed by atoms with E-state index in [0.29, 0.717) is 21.7 Å². The van der Waals surface area contributed by atoms with E-state index in [1.54, 1.807) is 66.7 Å². The Morgan fingerprint density at radius 2 is 1.13 bits per heavy atom. The standard InChI is InChI=1S/C23H17Cl2N3O2/c24-18-6-1-4-16(14-18)10-12-22(29)27-20-8-3-9-21(26-20)28-23(30)13-11-17-5-2-7-19(25)15-17/h1-15H,(H2,26,27,28,29,30). The third-order valence-electron chi connectivity index (χ3n) is 3.80. The van der Waals surface area contributed by atoms with E-state index in [4.69, 9.17) is 23.2 Å². The fourth-order valence-corrected chi connectivity index (χ4v) is 2.87. The average Bonchev–Trinajstić information content (AvgIpc) is 2.71. The summed E-state index contributed by atoms with van der Waals surface area (Å²) in [6.45, 7) is 0. The highest BCUT2D eigenvalue weighted by Crippen LogP contribution is 2.14. The van der Waals surface area contributed by atoms with Crippen molar-refractivity contribution in [2.45, 2.75) is 0 Å². The van der Waals surface area contributed by atoms with E-state index in [0.717, 1.165) is 11.1 Å². The first-order chi connectivity index (χ1) is 14.5. The van der Waals surface area contributed by atoms with Crippen LogP contribution in [0.5, 0.6) is 0 Å². The number of carbonyl (C=O) groups excluding carboxylic acids is 2. The third-order valence-corrected chi connectivity index (χ3v) is 4.27. The second kappa shape index (κ2) is 10.4. The smallest absolute Gasteiger partial charge is 0.249 e. The van der Waals surface area contributed by atoms with Crippen LogP contribution in [0.3, 0.4) is 0 Å². The average molecular weight is 438 g/mol. The van der Waals surface area contributed by atoms with Crippen LogP contribution in [0.1, 0.15) is 11.1 Å². The second-order valence-electron chi connectivity index (χ2n) is 6.16. The molecule has 0 bridgehead atoms. The Hall–Kier alpha value is -3.41. The maximum Gasteiger partial charge on any atom is 0.249 e. The molecule has 3 rings (SSSR count). The monoisotopic (exact) mass is 437 g/mol. The number of benzene rings is 2. The molecule has 1 aromatic heterocycles. The molecule has 3 aromatic rings. The van der Waals surface area contributed by atoms with Gasteiger partial charge < -0.3 is 10.6 Å². The number of nitrogens with one attached hydrogen (secondary N) is 2. The highest BCUT2D eigenvalue weighted by Gasteiger charge is 2.03. The number of nitrogens with zero attached hydrogens (tertiary/aromatic N) is 1. The number of halogens is 2. The molecule has 0 fully saturated rings. The van der Waals surface area contributed by atoms with Crippen LogP contribution >= 0.6 is 23.2 Å². The van der Waals surface area contributed by atoms with E-state index < -0.39 is 0 Å². The van der Waals surface area contributed by atoms with Crippen molar-refractivity contribution in [2.24, 2.45) is 0 Å². The van der Waals surface area contributed by atoms with E-state index >= 15 is 0 Å². The van der Waals surface area contributed by atoms with Crippen molar-refractivity contribution in [1.82, 2.24) is 4.98 Å². The summed E-state index contributed by atoms with van der Waals surface area (Å²) in [5.74, 6) is -0.0849. The van der Waals surface area contributed by atoms with Crippen LogP contribution in [0, 0.1) is 0 Å². The lowest BCUT2D eigenvalue weighted by Crippen LogP contribution is -2.12. The molecule has 2 aromatic carbocycles. The van der Waals surface area contributed by atoms with Gasteiger partial charge in [0.25, 0.3) is 0 Å². The van der Waals surface area contributed by atoms with Gasteiger partial charge in [-0.3, -0.25) is 9.59 Å². The predicted molar refractivity (Wildman–Crippen MR) is 122 cm³/mol. The van der Waals surface area contributed by atoms with Gasteiger partial charge in [-0.2, -0.15) is 0 Å². The van der Waals surface area contributed by atoms with Crippen LogP contribution in [0.15, 0.2) is 78.9 Å². The van der Waals surface area contributed by atoms with Gasteiger partial charge in [0.15, 0.2) is 0 Å². The second-order valence-corrected chi connectivity index (χ2v) is 7.04. The van der Waals surface area contributed by atoms with Crippen LogP contribution in [0.25, 0.3) is 12.2 Å². The Balaban J connectivity index is 1.58. The summed E-state index contributed by atoms with van der Waals surface area (Å²) in [7, 11) is 0. The van der Waals surface area contributed by atoms with Crippen molar-refractivity contribution in [2.75, 3.05) is 10.6 Å². The molecule has 0 saturated carbocycles. The minimum Gasteiger partial charge on any atom is -0.307 e. The zero-order chi connectivity index (χ0) is 21.3. The Labute approximate surface area is 184 Å². The van der Waals surface area contributed by atoms with Crippen LogP contribution in [0.4, 0.5) is 11.6 Å². The topological polar surface area (TPSA) is 71.1 Å². The maximum absolute atomic E-state index is 12.1. The number of pyridine rings is 1. The van der Waals surface area contributed by atoms with Gasteiger partial charge in [-0.15, -0.1) is 0 Å². The van der Waals surface area contributed by atoms with E-state index in [-0.39, 0.29) is 11.8 Å². The molecular weight excluding hydrogens is 421 g/mol. The predicted octanol–water partition coefficient (Wildman–Crippen LogP) is 5.69. The Kier molecular flexibility index (Phi) is 7.38. The summed E-state index contributed by atoms with van der Waals surface area (Å²) < 4.78 is 0. The largest absolute Gasteiger partial charge is 0.307 e. The molecule has 0 atom stereocenters. The first kappa shape index (κ1) is 21.3. The Morgan fingerprint density at radius 3 is 1.57 bits per heavy atom. The molecule has 0 saturated heterocycles. The zero-order valence-electron chi connectivity index (χ0n) is 15.7. The van der Waals surface area contributed by atoms with Gasteiger partial charge >= 0.3 is 0 Å². The van der Waals surface area contributed by atoms with Crippen molar-refractivity contribution < 1.29 is 9.59 Å². The molecule has 0 radical (unpaired) electrons. The van der Waals surface area contributed by atoms with E-state index in [1.165, 1.54) is 12.2 Å². The summed E-state index contributed by atoms with van der Waals surface area (Å²) in [5.41, 5.74) is 1.61. The molecule has 2 N–H and O–H groups in total. The van der Waals surface area contributed by atoms with Crippen molar-refractivity contribution in [3.05, 3.63) is 100 Å². The molecule has 2 amide bonds. The van der Waals surface area contributed by atoms with Crippen molar-refractivity contribution in [3.63, 3.8) is 0 Å². The molecule has 30 heavy (non-hydrogen) atoms. The highest BCUT2D eigenvalue weighted by atomic mass is 35.5. The molecule has 5 nitrogen and oxygen atoms in total. The van der Waals surface area contributed by atoms with E-state index in [2.05, 4.69) is 15.6 Å². The molecule has 0 unspecified atom stereocenters. The van der Waals surface area contributed by atoms with Gasteiger partial charge in [0.05, 0.1) is 0 Å². The zero-order valence-corrected chi connectivity index (χ0v) is 17.2. The lowest BCUT2D eigenvalue weighted by atomic mass is 10.2. The van der Waals surface area contributed by atoms with Gasteiger partial charge in [0, 0.05) is 22.2 Å². The molecule has 150 valence electrons. The number of hydrogen-bond donors (Lipinski definition) is 2. The summed E-state index contributed by atoms with van der Waals surface area (Å²) in [6.07, 6.45) is 6.06. The number of carbonyl (C=O) groups is 2. The summed E-state index contributed by atoms with van der Waals surface area (Å²) in [5, 5.41) is 6.48. The van der Waals surface area contributed by atoms with Gasteiger partial charge in [0.1, 0.15) is 11.6 Å². The normalized spacial score (nSPS) is 11.0. The fourth-order valence-electron chi connectivity index (χ4n) is 2.47. The van der Waals surface area contributed by atoms with Gasteiger partial charge in [-0.1, -0.05) is 53.5 Å². The lowest BCUT2D eigenvalue weighted by molar-refractivity contribution is -0.112. The number of rotatable bonds is 6. The van der Waals surface area contributed by atoms with Crippen molar-refractivity contribution >= 4 is 58.8 Å². The molecule has 7 heteroatoms. The Bertz CT molecular complexity index is 1040. The van der Waals surface area contributed by atoms with Gasteiger partial charge in [-0.25, -0.2) is 4.98 Å². The van der Waals surface area contributed by atoms with E-state index in [9.17, 15) is 9.59 Å². The van der Waals surface area contributed by atoms with Gasteiger partial charge in [-0.05, 0) is 59.7 Å². The lowest BCUT2D eigenvalue weighted by Gasteiger charge is -2.05. The van der Waals surface area contributed by atoms with Crippen LogP contribution < -0.4 is 10.6 Å². The quantitative estimate of drug-likeness (QED) is 0.486. The molecule has 0 aliphatic carbocycles. The molecule has 0 aliphatic heterocycles. The molecule has 0 aliphatic rings. The minimum absolute atomic E-state index is 0.312. The summed E-state index contributed by atoms with van der Waals surface area (Å²) >= 11 is 11.8. The number of hydrogen-bond acceptors (Lipinski definition) is 3. The third kappa shape index (κ3) is 6.88. The number of amides is 2. The first-order valence-corrected chi connectivity index (χ1v) is 9.70. The highest BCUT2D eigenvalue weighted by molar-refractivity contribution is 6.31. The van der Waals surface area contributed by atoms with Gasteiger partial charge in [0.2, 0.25) is 11.8 Å². The fraction of sp³-hybridized carbons (Fsp3) is 0. The van der Waals surface area contributed by atoms with Crippen molar-refractivity contribution in [3.8, 4) is 0 Å². The Morgan fingerprint density at radius 1 is 0.700 bits per heavy atom. The SMILES string of the molecule is O=C(C=Cc1cccc(Cl)c1)Nc1cccc(NC(=O)C=Cc2cccc(Cl)c2)n1. The summed E-state index contributed by atoms with van der Waals surface area (Å²) in [4.78, 5) is 28.4. The molecular formula is C23H17Cl2N3O2. The van der Waals surface area contributed by atoms with Crippen LogP contribution in [-0.2, 0) is 9.59 Å². The van der Waals surface area contributed by atoms with E-state index in [1.807, 2.05) is 12.1 Å². The van der Waals surface area contributed by atoms with Crippen LogP contribution in [0.2, 0.25) is 10.0 Å². The molecule has 0 spiro atoms. The number of anilines is 2. The minimum atomic E-state index is -0.355. The molecule has 1 heterocycles. The summed E-state index contributed by atoms with van der Waals surface area (Å²) in [6, 6.07) is 19.2. The number of aromatic nitrogens is 1. The van der Waals surface area contributed by atoms with Crippen LogP contribution in [-0.4, -0.2) is 16.8 Å². The first-order valence-electron chi connectivity index (χ1n) is 8.94. The maximum atomic E-state index is 12.1.